The maximum absolute atomic E-state index is 5.98. The second-order valence-electron chi connectivity index (χ2n) is 7.70. The molecule has 5 nitrogen and oxygen atoms in total. The SMILES string of the molecule is Cc1ccnc(NCC2CCN(Cc3ccc(-n4cc(Cl)cn4)cc3C)C2)c1. The summed E-state index contributed by atoms with van der Waals surface area (Å²) in [6.07, 6.45) is 6.58. The maximum atomic E-state index is 5.98. The van der Waals surface area contributed by atoms with Gasteiger partial charge in [0.25, 0.3) is 0 Å². The van der Waals surface area contributed by atoms with Crippen molar-refractivity contribution in [2.24, 2.45) is 5.92 Å². The Bertz CT molecular complexity index is 952. The van der Waals surface area contributed by atoms with Crippen LogP contribution in [0.25, 0.3) is 5.69 Å². The Kier molecular flexibility index (Phi) is 5.64. The number of rotatable bonds is 6. The summed E-state index contributed by atoms with van der Waals surface area (Å²) in [5, 5.41) is 8.43. The molecule has 1 aliphatic heterocycles. The van der Waals surface area contributed by atoms with Crippen molar-refractivity contribution >= 4 is 17.4 Å². The van der Waals surface area contributed by atoms with E-state index in [-0.39, 0.29) is 0 Å². The first-order valence-electron chi connectivity index (χ1n) is 9.76. The molecule has 1 unspecified atom stereocenters. The standard InChI is InChI=1S/C22H26ClN5/c1-16-5-7-24-22(9-16)25-11-18-6-8-27(13-18)14-19-3-4-21(10-17(19)2)28-15-20(23)12-26-28/h3-5,7,9-10,12,15,18H,6,8,11,13-14H2,1-2H3,(H,24,25). The Morgan fingerprint density at radius 2 is 2.11 bits per heavy atom. The van der Waals surface area contributed by atoms with Crippen LogP contribution in [0.5, 0.6) is 0 Å². The fourth-order valence-corrected chi connectivity index (χ4v) is 3.92. The minimum Gasteiger partial charge on any atom is -0.370 e. The first-order valence-corrected chi connectivity index (χ1v) is 10.1. The molecule has 28 heavy (non-hydrogen) atoms. The highest BCUT2D eigenvalue weighted by atomic mass is 35.5. The third-order valence-corrected chi connectivity index (χ3v) is 5.59. The molecular formula is C22H26ClN5. The highest BCUT2D eigenvalue weighted by Gasteiger charge is 2.22. The van der Waals surface area contributed by atoms with E-state index in [0.717, 1.165) is 37.7 Å². The summed E-state index contributed by atoms with van der Waals surface area (Å²) in [6.45, 7) is 8.50. The zero-order valence-electron chi connectivity index (χ0n) is 16.4. The van der Waals surface area contributed by atoms with E-state index >= 15 is 0 Å². The summed E-state index contributed by atoms with van der Waals surface area (Å²) in [6, 6.07) is 10.6. The Morgan fingerprint density at radius 1 is 1.21 bits per heavy atom. The van der Waals surface area contributed by atoms with E-state index < -0.39 is 0 Å². The average molecular weight is 396 g/mol. The second-order valence-corrected chi connectivity index (χ2v) is 8.14. The van der Waals surface area contributed by atoms with Crippen LogP contribution < -0.4 is 5.32 Å². The van der Waals surface area contributed by atoms with E-state index in [1.54, 1.807) is 6.20 Å². The number of nitrogens with one attached hydrogen (secondary N) is 1. The van der Waals surface area contributed by atoms with Crippen LogP contribution in [0.4, 0.5) is 5.82 Å². The van der Waals surface area contributed by atoms with Gasteiger partial charge in [-0.25, -0.2) is 9.67 Å². The minimum atomic E-state index is 0.652. The monoisotopic (exact) mass is 395 g/mol. The van der Waals surface area contributed by atoms with E-state index in [9.17, 15) is 0 Å². The van der Waals surface area contributed by atoms with E-state index in [4.69, 9.17) is 11.6 Å². The van der Waals surface area contributed by atoms with Crippen LogP contribution in [-0.2, 0) is 6.54 Å². The summed E-state index contributed by atoms with van der Waals surface area (Å²) in [7, 11) is 0. The van der Waals surface area contributed by atoms with Crippen LogP contribution in [0.2, 0.25) is 5.02 Å². The van der Waals surface area contributed by atoms with E-state index in [1.165, 1.54) is 23.1 Å². The third kappa shape index (κ3) is 4.54. The van der Waals surface area contributed by atoms with E-state index in [0.29, 0.717) is 10.9 Å². The molecule has 0 saturated carbocycles. The number of benzene rings is 1. The van der Waals surface area contributed by atoms with Gasteiger partial charge in [-0.1, -0.05) is 17.7 Å². The lowest BCUT2D eigenvalue weighted by atomic mass is 10.1. The molecule has 146 valence electrons. The lowest BCUT2D eigenvalue weighted by Crippen LogP contribution is -2.23. The van der Waals surface area contributed by atoms with Crippen molar-refractivity contribution in [2.45, 2.75) is 26.8 Å². The molecule has 0 radical (unpaired) electrons. The van der Waals surface area contributed by atoms with Gasteiger partial charge < -0.3 is 5.32 Å². The van der Waals surface area contributed by atoms with Gasteiger partial charge in [0.2, 0.25) is 0 Å². The summed E-state index contributed by atoms with van der Waals surface area (Å²) in [5.74, 6) is 1.64. The Hall–Kier alpha value is -2.37. The van der Waals surface area contributed by atoms with E-state index in [1.807, 2.05) is 23.1 Å². The van der Waals surface area contributed by atoms with Crippen LogP contribution in [-0.4, -0.2) is 39.3 Å². The molecular weight excluding hydrogens is 370 g/mol. The number of aromatic nitrogens is 3. The van der Waals surface area contributed by atoms with Crippen molar-refractivity contribution in [3.63, 3.8) is 0 Å². The van der Waals surface area contributed by atoms with Crippen molar-refractivity contribution in [2.75, 3.05) is 25.0 Å². The maximum Gasteiger partial charge on any atom is 0.126 e. The van der Waals surface area contributed by atoms with Crippen molar-refractivity contribution in [3.8, 4) is 5.69 Å². The molecule has 0 amide bonds. The molecule has 1 fully saturated rings. The second kappa shape index (κ2) is 8.33. The van der Waals surface area contributed by atoms with Gasteiger partial charge >= 0.3 is 0 Å². The molecule has 2 aromatic heterocycles. The Balaban J connectivity index is 1.32. The number of hydrogen-bond donors (Lipinski definition) is 1. The topological polar surface area (TPSA) is 46.0 Å². The largest absolute Gasteiger partial charge is 0.370 e. The first kappa shape index (κ1) is 19.0. The van der Waals surface area contributed by atoms with Crippen molar-refractivity contribution in [1.82, 2.24) is 19.7 Å². The van der Waals surface area contributed by atoms with Gasteiger partial charge in [0.05, 0.1) is 16.9 Å². The Morgan fingerprint density at radius 3 is 2.86 bits per heavy atom. The average Bonchev–Trinajstić information content (AvgIpc) is 3.31. The van der Waals surface area contributed by atoms with Crippen molar-refractivity contribution in [1.29, 1.82) is 0 Å². The van der Waals surface area contributed by atoms with Crippen LogP contribution in [0.3, 0.4) is 0 Å². The van der Waals surface area contributed by atoms with Crippen LogP contribution >= 0.6 is 11.6 Å². The molecule has 0 spiro atoms. The number of hydrogen-bond acceptors (Lipinski definition) is 4. The fraction of sp³-hybridized carbons (Fsp3) is 0.364. The van der Waals surface area contributed by atoms with Gasteiger partial charge in [-0.05, 0) is 73.7 Å². The fourth-order valence-electron chi connectivity index (χ4n) is 3.79. The molecule has 0 aliphatic carbocycles. The molecule has 1 N–H and O–H groups in total. The van der Waals surface area contributed by atoms with Gasteiger partial charge in [-0.3, -0.25) is 4.90 Å². The highest BCUT2D eigenvalue weighted by molar-refractivity contribution is 6.30. The first-order chi connectivity index (χ1) is 13.6. The number of pyridine rings is 1. The summed E-state index contributed by atoms with van der Waals surface area (Å²) < 4.78 is 1.82. The van der Waals surface area contributed by atoms with Crippen LogP contribution in [0.15, 0.2) is 48.9 Å². The quantitative estimate of drug-likeness (QED) is 0.668. The van der Waals surface area contributed by atoms with Gasteiger partial charge in [0.15, 0.2) is 0 Å². The van der Waals surface area contributed by atoms with Gasteiger partial charge in [-0.2, -0.15) is 5.10 Å². The number of aryl methyl sites for hydroxylation is 2. The molecule has 4 rings (SSSR count). The molecule has 6 heteroatoms. The van der Waals surface area contributed by atoms with Crippen LogP contribution in [0.1, 0.15) is 23.1 Å². The number of halogens is 1. The molecule has 3 heterocycles. The number of nitrogens with zero attached hydrogens (tertiary/aromatic N) is 4. The summed E-state index contributed by atoms with van der Waals surface area (Å²) in [5.41, 5.74) is 4.94. The van der Waals surface area contributed by atoms with E-state index in [2.05, 4.69) is 58.4 Å². The minimum absolute atomic E-state index is 0.652. The molecule has 1 aliphatic rings. The zero-order valence-corrected chi connectivity index (χ0v) is 17.2. The molecule has 1 aromatic carbocycles. The lowest BCUT2D eigenvalue weighted by Gasteiger charge is -2.18. The molecule has 1 saturated heterocycles. The van der Waals surface area contributed by atoms with Gasteiger partial charge in [-0.15, -0.1) is 0 Å². The van der Waals surface area contributed by atoms with Gasteiger partial charge in [0.1, 0.15) is 5.82 Å². The highest BCUT2D eigenvalue weighted by Crippen LogP contribution is 2.22. The van der Waals surface area contributed by atoms with Crippen molar-refractivity contribution in [3.05, 3.63) is 70.6 Å². The summed E-state index contributed by atoms with van der Waals surface area (Å²) in [4.78, 5) is 6.94. The third-order valence-electron chi connectivity index (χ3n) is 5.39. The summed E-state index contributed by atoms with van der Waals surface area (Å²) >= 11 is 5.98. The van der Waals surface area contributed by atoms with Gasteiger partial charge in [0, 0.05) is 32.0 Å². The van der Waals surface area contributed by atoms with Crippen molar-refractivity contribution < 1.29 is 0 Å². The molecule has 3 aromatic rings. The predicted octanol–water partition coefficient (Wildman–Crippen LogP) is 4.47. The lowest BCUT2D eigenvalue weighted by molar-refractivity contribution is 0.318. The van der Waals surface area contributed by atoms with Crippen LogP contribution in [0, 0.1) is 19.8 Å². The Labute approximate surface area is 171 Å². The molecule has 1 atom stereocenters. The zero-order chi connectivity index (χ0) is 19.5. The smallest absolute Gasteiger partial charge is 0.126 e. The molecule has 0 bridgehead atoms. The number of anilines is 1. The normalized spacial score (nSPS) is 17.2. The predicted molar refractivity (Wildman–Crippen MR) is 114 cm³/mol. The number of likely N-dealkylation sites (tertiary alicyclic amines) is 1.